The van der Waals surface area contributed by atoms with E-state index >= 15 is 0 Å². The molecule has 5 nitrogen and oxygen atoms in total. The molecule has 0 fully saturated rings. The number of nitrogens with one attached hydrogen (secondary N) is 1. The van der Waals surface area contributed by atoms with Gasteiger partial charge in [0.05, 0.1) is 19.3 Å². The third kappa shape index (κ3) is 5.76. The van der Waals surface area contributed by atoms with Crippen molar-refractivity contribution in [2.75, 3.05) is 25.5 Å². The van der Waals surface area contributed by atoms with E-state index in [0.29, 0.717) is 18.0 Å². The van der Waals surface area contributed by atoms with Gasteiger partial charge in [-0.3, -0.25) is 9.59 Å². The Labute approximate surface area is 132 Å². The number of carbonyl (C=O) groups is 2. The number of nitrogens with zero attached hydrogens (tertiary/aromatic N) is 1. The molecule has 1 N–H and O–H groups in total. The summed E-state index contributed by atoms with van der Waals surface area (Å²) in [7, 11) is 1.56. The molecule has 2 amide bonds. The first kappa shape index (κ1) is 18.0. The van der Waals surface area contributed by atoms with Gasteiger partial charge >= 0.3 is 0 Å². The molecule has 1 rings (SSSR count). The number of carbonyl (C=O) groups excluding carboxylic acids is 2. The lowest BCUT2D eigenvalue weighted by molar-refractivity contribution is -0.132. The van der Waals surface area contributed by atoms with Crippen LogP contribution in [0.5, 0.6) is 5.75 Å². The Morgan fingerprint density at radius 3 is 2.59 bits per heavy atom. The summed E-state index contributed by atoms with van der Waals surface area (Å²) in [4.78, 5) is 25.4. The minimum absolute atomic E-state index is 0.0656. The number of methoxy groups -OCH3 is 1. The fraction of sp³-hybridized carbons (Fsp3) is 0.529. The van der Waals surface area contributed by atoms with Crippen LogP contribution >= 0.6 is 0 Å². The van der Waals surface area contributed by atoms with Crippen LogP contribution in [0.1, 0.15) is 38.7 Å². The van der Waals surface area contributed by atoms with E-state index in [-0.39, 0.29) is 18.4 Å². The van der Waals surface area contributed by atoms with Gasteiger partial charge < -0.3 is 15.0 Å². The Hall–Kier alpha value is -2.04. The first-order valence-electron chi connectivity index (χ1n) is 7.68. The van der Waals surface area contributed by atoms with Crippen molar-refractivity contribution in [2.24, 2.45) is 0 Å². The van der Waals surface area contributed by atoms with Gasteiger partial charge in [-0.1, -0.05) is 25.8 Å². The maximum atomic E-state index is 12.2. The van der Waals surface area contributed by atoms with Crippen molar-refractivity contribution in [1.29, 1.82) is 0 Å². The van der Waals surface area contributed by atoms with Gasteiger partial charge in [0.25, 0.3) is 0 Å². The lowest BCUT2D eigenvalue weighted by atomic mass is 10.2. The predicted octanol–water partition coefficient (Wildman–Crippen LogP) is 2.98. The molecule has 1 aromatic rings. The molecule has 22 heavy (non-hydrogen) atoms. The Kier molecular flexibility index (Phi) is 7.43. The molecule has 0 spiro atoms. The van der Waals surface area contributed by atoms with Gasteiger partial charge in [0.2, 0.25) is 11.8 Å². The highest BCUT2D eigenvalue weighted by Crippen LogP contribution is 2.25. The summed E-state index contributed by atoms with van der Waals surface area (Å²) in [6, 6.07) is 5.59. The van der Waals surface area contributed by atoms with Crippen LogP contribution in [0.25, 0.3) is 0 Å². The van der Waals surface area contributed by atoms with Crippen molar-refractivity contribution in [3.05, 3.63) is 23.8 Å². The highest BCUT2D eigenvalue weighted by Gasteiger charge is 2.14. The standard InChI is InChI=1S/C17H26N2O3/c1-5-6-7-10-19(14(3)20)12-17(21)18-15-11-13(2)8-9-16(15)22-4/h8-9,11H,5-7,10,12H2,1-4H3,(H,18,21). The summed E-state index contributed by atoms with van der Waals surface area (Å²) >= 11 is 0. The number of anilines is 1. The van der Waals surface area contributed by atoms with Crippen molar-refractivity contribution >= 4 is 17.5 Å². The molecule has 0 aliphatic rings. The molecule has 1 aromatic carbocycles. The largest absolute Gasteiger partial charge is 0.495 e. The van der Waals surface area contributed by atoms with Crippen LogP contribution < -0.4 is 10.1 Å². The summed E-state index contributed by atoms with van der Waals surface area (Å²) in [5.74, 6) is 0.317. The topological polar surface area (TPSA) is 58.6 Å². The minimum atomic E-state index is -0.212. The monoisotopic (exact) mass is 306 g/mol. The molecule has 0 aliphatic heterocycles. The van der Waals surface area contributed by atoms with E-state index in [2.05, 4.69) is 12.2 Å². The lowest BCUT2D eigenvalue weighted by Crippen LogP contribution is -2.37. The summed E-state index contributed by atoms with van der Waals surface area (Å²) in [5.41, 5.74) is 1.66. The SMILES string of the molecule is CCCCCN(CC(=O)Nc1cc(C)ccc1OC)C(C)=O. The first-order chi connectivity index (χ1) is 10.5. The van der Waals surface area contributed by atoms with Crippen LogP contribution in [0.4, 0.5) is 5.69 Å². The fourth-order valence-corrected chi connectivity index (χ4v) is 2.18. The summed E-state index contributed by atoms with van der Waals surface area (Å²) < 4.78 is 5.24. The molecule has 0 unspecified atom stereocenters. The number of ether oxygens (including phenoxy) is 1. The zero-order valence-electron chi connectivity index (χ0n) is 13.9. The molecule has 5 heteroatoms. The summed E-state index contributed by atoms with van der Waals surface area (Å²) in [5, 5.41) is 2.82. The second-order valence-corrected chi connectivity index (χ2v) is 5.40. The smallest absolute Gasteiger partial charge is 0.244 e. The van der Waals surface area contributed by atoms with E-state index in [9.17, 15) is 9.59 Å². The van der Waals surface area contributed by atoms with E-state index in [1.54, 1.807) is 12.0 Å². The summed E-state index contributed by atoms with van der Waals surface area (Å²) in [6.07, 6.45) is 3.05. The number of benzene rings is 1. The molecule has 0 atom stereocenters. The fourth-order valence-electron chi connectivity index (χ4n) is 2.18. The Morgan fingerprint density at radius 2 is 2.00 bits per heavy atom. The normalized spacial score (nSPS) is 10.2. The quantitative estimate of drug-likeness (QED) is 0.751. The van der Waals surface area contributed by atoms with Gasteiger partial charge in [-0.25, -0.2) is 0 Å². The third-order valence-electron chi connectivity index (χ3n) is 3.44. The molecule has 0 heterocycles. The third-order valence-corrected chi connectivity index (χ3v) is 3.44. The minimum Gasteiger partial charge on any atom is -0.495 e. The van der Waals surface area contributed by atoms with Gasteiger partial charge in [0.15, 0.2) is 0 Å². The number of aryl methyl sites for hydroxylation is 1. The number of hydrogen-bond acceptors (Lipinski definition) is 3. The summed E-state index contributed by atoms with van der Waals surface area (Å²) in [6.45, 7) is 6.22. The maximum Gasteiger partial charge on any atom is 0.244 e. The predicted molar refractivity (Wildman–Crippen MR) is 88.1 cm³/mol. The molecule has 0 aliphatic carbocycles. The number of unbranched alkanes of at least 4 members (excludes halogenated alkanes) is 2. The van der Waals surface area contributed by atoms with E-state index < -0.39 is 0 Å². The Bertz CT molecular complexity index is 515. The molecule has 0 radical (unpaired) electrons. The van der Waals surface area contributed by atoms with Crippen LogP contribution in [0.15, 0.2) is 18.2 Å². The average Bonchev–Trinajstić information content (AvgIpc) is 2.46. The molecule has 122 valence electrons. The van der Waals surface area contributed by atoms with Crippen molar-refractivity contribution in [3.8, 4) is 5.75 Å². The molecular weight excluding hydrogens is 280 g/mol. The first-order valence-corrected chi connectivity index (χ1v) is 7.68. The Balaban J connectivity index is 2.67. The van der Waals surface area contributed by atoms with Crippen LogP contribution in [0.2, 0.25) is 0 Å². The van der Waals surface area contributed by atoms with Gasteiger partial charge in [-0.05, 0) is 31.0 Å². The van der Waals surface area contributed by atoms with Gasteiger partial charge in [0.1, 0.15) is 5.75 Å². The zero-order chi connectivity index (χ0) is 16.5. The van der Waals surface area contributed by atoms with Crippen molar-refractivity contribution in [3.63, 3.8) is 0 Å². The molecule has 0 saturated carbocycles. The number of rotatable bonds is 8. The van der Waals surface area contributed by atoms with E-state index in [1.165, 1.54) is 6.92 Å². The van der Waals surface area contributed by atoms with Gasteiger partial charge in [-0.2, -0.15) is 0 Å². The van der Waals surface area contributed by atoms with E-state index in [4.69, 9.17) is 4.74 Å². The van der Waals surface area contributed by atoms with Gasteiger partial charge in [0, 0.05) is 13.5 Å². The second-order valence-electron chi connectivity index (χ2n) is 5.40. The molecular formula is C17H26N2O3. The van der Waals surface area contributed by atoms with Crippen molar-refractivity contribution in [2.45, 2.75) is 40.0 Å². The molecule has 0 bridgehead atoms. The van der Waals surface area contributed by atoms with Crippen LogP contribution in [0, 0.1) is 6.92 Å². The maximum absolute atomic E-state index is 12.2. The van der Waals surface area contributed by atoms with E-state index in [0.717, 1.165) is 24.8 Å². The second kappa shape index (κ2) is 9.07. The van der Waals surface area contributed by atoms with Crippen LogP contribution in [-0.2, 0) is 9.59 Å². The highest BCUT2D eigenvalue weighted by atomic mass is 16.5. The highest BCUT2D eigenvalue weighted by molar-refractivity contribution is 5.95. The van der Waals surface area contributed by atoms with Crippen LogP contribution in [-0.4, -0.2) is 36.9 Å². The Morgan fingerprint density at radius 1 is 1.27 bits per heavy atom. The number of hydrogen-bond donors (Lipinski definition) is 1. The van der Waals surface area contributed by atoms with Crippen molar-refractivity contribution < 1.29 is 14.3 Å². The average molecular weight is 306 g/mol. The van der Waals surface area contributed by atoms with Gasteiger partial charge in [-0.15, -0.1) is 0 Å². The molecule has 0 aromatic heterocycles. The van der Waals surface area contributed by atoms with Crippen LogP contribution in [0.3, 0.4) is 0 Å². The lowest BCUT2D eigenvalue weighted by Gasteiger charge is -2.21. The number of amides is 2. The zero-order valence-corrected chi connectivity index (χ0v) is 13.9. The van der Waals surface area contributed by atoms with Crippen molar-refractivity contribution in [1.82, 2.24) is 4.90 Å². The molecule has 0 saturated heterocycles. The van der Waals surface area contributed by atoms with E-state index in [1.807, 2.05) is 25.1 Å².